The highest BCUT2D eigenvalue weighted by Gasteiger charge is 2.25. The number of sulfonamides is 1. The number of piperidine rings is 1. The van der Waals surface area contributed by atoms with Gasteiger partial charge in [-0.2, -0.15) is 4.31 Å². The first-order valence-corrected chi connectivity index (χ1v) is 13.6. The lowest BCUT2D eigenvalue weighted by molar-refractivity contribution is 0.101. The normalized spacial score (nSPS) is 14.8. The quantitative estimate of drug-likeness (QED) is 0.349. The largest absolute Gasteiger partial charge is 0.378 e. The van der Waals surface area contributed by atoms with Gasteiger partial charge in [0.2, 0.25) is 10.0 Å². The molecule has 0 radical (unpaired) electrons. The van der Waals surface area contributed by atoms with E-state index in [1.165, 1.54) is 16.4 Å². The molecule has 1 N–H and O–H groups in total. The van der Waals surface area contributed by atoms with E-state index in [2.05, 4.69) is 16.4 Å². The molecule has 8 heteroatoms. The van der Waals surface area contributed by atoms with Gasteiger partial charge in [-0.25, -0.2) is 13.4 Å². The van der Waals surface area contributed by atoms with Crippen molar-refractivity contribution in [3.63, 3.8) is 0 Å². The van der Waals surface area contributed by atoms with Crippen molar-refractivity contribution in [3.8, 4) is 10.6 Å². The lowest BCUT2D eigenvalue weighted by Crippen LogP contribution is -2.35. The second-order valence-electron chi connectivity index (χ2n) is 8.33. The van der Waals surface area contributed by atoms with Gasteiger partial charge in [-0.1, -0.05) is 18.6 Å². The number of hydrogen-bond acceptors (Lipinski definition) is 6. The third-order valence-corrected chi connectivity index (χ3v) is 9.01. The molecule has 0 amide bonds. The second kappa shape index (κ2) is 9.66. The number of hydrogen-bond donors (Lipinski definition) is 1. The number of Topliss-reactive ketones (excluding diaryl/α,β-unsaturated/α-hetero) is 1. The van der Waals surface area contributed by atoms with E-state index in [1.807, 2.05) is 42.5 Å². The van der Waals surface area contributed by atoms with Crippen molar-refractivity contribution in [1.29, 1.82) is 0 Å². The van der Waals surface area contributed by atoms with Crippen LogP contribution in [-0.4, -0.2) is 43.1 Å². The molecule has 0 bridgehead atoms. The number of fused-ring (bicyclic) bond motifs is 1. The maximum atomic E-state index is 12.8. The van der Waals surface area contributed by atoms with Crippen LogP contribution < -0.4 is 5.32 Å². The van der Waals surface area contributed by atoms with Gasteiger partial charge in [0.15, 0.2) is 5.78 Å². The Hall–Kier alpha value is -3.07. The summed E-state index contributed by atoms with van der Waals surface area (Å²) in [5.74, 6) is -0.0998. The first-order chi connectivity index (χ1) is 16.5. The van der Waals surface area contributed by atoms with Crippen molar-refractivity contribution in [3.05, 3.63) is 78.4 Å². The monoisotopic (exact) mass is 491 g/mol. The predicted molar refractivity (Wildman–Crippen MR) is 137 cm³/mol. The van der Waals surface area contributed by atoms with Crippen molar-refractivity contribution in [2.45, 2.75) is 24.2 Å². The molecule has 1 aliphatic rings. The number of carbonyl (C=O) groups is 1. The van der Waals surface area contributed by atoms with Gasteiger partial charge in [0.05, 0.1) is 21.7 Å². The van der Waals surface area contributed by atoms with E-state index < -0.39 is 10.0 Å². The molecule has 0 saturated carbocycles. The number of para-hydroxylation sites is 1. The van der Waals surface area contributed by atoms with E-state index in [1.54, 1.807) is 23.5 Å². The Balaban J connectivity index is 1.21. The Morgan fingerprint density at radius 3 is 2.32 bits per heavy atom. The zero-order chi connectivity index (χ0) is 23.5. The van der Waals surface area contributed by atoms with Gasteiger partial charge >= 0.3 is 0 Å². The minimum Gasteiger partial charge on any atom is -0.378 e. The number of benzene rings is 3. The molecule has 174 valence electrons. The Kier molecular flexibility index (Phi) is 6.45. The Labute approximate surface area is 203 Å². The molecule has 6 nitrogen and oxygen atoms in total. The summed E-state index contributed by atoms with van der Waals surface area (Å²) in [5.41, 5.74) is 3.34. The van der Waals surface area contributed by atoms with Crippen molar-refractivity contribution in [1.82, 2.24) is 9.29 Å². The standard InChI is InChI=1S/C26H25N3O3S2/c30-24(19-10-14-22(15-11-19)34(31,32)29-16-4-1-5-17-29)18-27-21-12-8-20(9-13-21)26-28-23-6-2-3-7-25(23)33-26/h2-3,6-15,27H,1,4-5,16-18H2. The average Bonchev–Trinajstić information content (AvgIpc) is 3.32. The van der Waals surface area contributed by atoms with Gasteiger partial charge < -0.3 is 5.32 Å². The first kappa shape index (κ1) is 22.7. The number of anilines is 1. The molecule has 2 heterocycles. The van der Waals surface area contributed by atoms with E-state index in [0.717, 1.165) is 45.7 Å². The highest BCUT2D eigenvalue weighted by molar-refractivity contribution is 7.89. The van der Waals surface area contributed by atoms with Crippen LogP contribution in [0.25, 0.3) is 20.8 Å². The fourth-order valence-corrected chi connectivity index (χ4v) is 6.57. The molecule has 0 unspecified atom stereocenters. The molecule has 5 rings (SSSR count). The number of nitrogens with zero attached hydrogens (tertiary/aromatic N) is 2. The summed E-state index contributed by atoms with van der Waals surface area (Å²) < 4.78 is 28.3. The summed E-state index contributed by atoms with van der Waals surface area (Å²) in [6.07, 6.45) is 2.85. The van der Waals surface area contributed by atoms with Gasteiger partial charge in [-0.05, 0) is 73.5 Å². The van der Waals surface area contributed by atoms with E-state index in [0.29, 0.717) is 18.7 Å². The molecule has 1 aromatic heterocycles. The molecule has 3 aromatic carbocycles. The second-order valence-corrected chi connectivity index (χ2v) is 11.3. The number of carbonyl (C=O) groups excluding carboxylic acids is 1. The van der Waals surface area contributed by atoms with E-state index in [4.69, 9.17) is 0 Å². The number of rotatable bonds is 7. The van der Waals surface area contributed by atoms with Gasteiger partial charge in [-0.15, -0.1) is 11.3 Å². The van der Waals surface area contributed by atoms with Crippen LogP contribution in [0.5, 0.6) is 0 Å². The highest BCUT2D eigenvalue weighted by atomic mass is 32.2. The molecule has 34 heavy (non-hydrogen) atoms. The Morgan fingerprint density at radius 1 is 0.912 bits per heavy atom. The van der Waals surface area contributed by atoms with Crippen LogP contribution in [0.4, 0.5) is 5.69 Å². The van der Waals surface area contributed by atoms with Gasteiger partial charge in [0.1, 0.15) is 5.01 Å². The number of thiazole rings is 1. The summed E-state index contributed by atoms with van der Waals surface area (Å²) in [4.78, 5) is 17.6. The zero-order valence-electron chi connectivity index (χ0n) is 18.6. The molecule has 0 aliphatic carbocycles. The summed E-state index contributed by atoms with van der Waals surface area (Å²) in [6, 6.07) is 22.2. The molecule has 0 spiro atoms. The molecular weight excluding hydrogens is 466 g/mol. The third kappa shape index (κ3) is 4.75. The fourth-order valence-electron chi connectivity index (χ4n) is 4.08. The maximum absolute atomic E-state index is 12.8. The van der Waals surface area contributed by atoms with E-state index >= 15 is 0 Å². The molecular formula is C26H25N3O3S2. The van der Waals surface area contributed by atoms with Crippen LogP contribution in [-0.2, 0) is 10.0 Å². The Morgan fingerprint density at radius 2 is 1.62 bits per heavy atom. The Bertz CT molecular complexity index is 1370. The van der Waals surface area contributed by atoms with Gasteiger partial charge in [-0.3, -0.25) is 4.79 Å². The van der Waals surface area contributed by atoms with Crippen molar-refractivity contribution in [2.75, 3.05) is 25.0 Å². The van der Waals surface area contributed by atoms with Crippen molar-refractivity contribution >= 4 is 43.0 Å². The lowest BCUT2D eigenvalue weighted by Gasteiger charge is -2.25. The predicted octanol–water partition coefficient (Wildman–Crippen LogP) is 5.43. The minimum absolute atomic E-state index is 0.0998. The van der Waals surface area contributed by atoms with Crippen LogP contribution in [0.1, 0.15) is 29.6 Å². The molecule has 4 aromatic rings. The summed E-state index contributed by atoms with van der Waals surface area (Å²) in [5, 5.41) is 4.11. The number of ketones is 1. The lowest BCUT2D eigenvalue weighted by atomic mass is 10.1. The van der Waals surface area contributed by atoms with E-state index in [9.17, 15) is 13.2 Å². The smallest absolute Gasteiger partial charge is 0.243 e. The van der Waals surface area contributed by atoms with Crippen LogP contribution in [0.2, 0.25) is 0 Å². The van der Waals surface area contributed by atoms with E-state index in [-0.39, 0.29) is 17.2 Å². The molecule has 1 saturated heterocycles. The number of aromatic nitrogens is 1. The summed E-state index contributed by atoms with van der Waals surface area (Å²) >= 11 is 1.65. The summed E-state index contributed by atoms with van der Waals surface area (Å²) in [6.45, 7) is 1.24. The van der Waals surface area contributed by atoms with Crippen LogP contribution in [0, 0.1) is 0 Å². The molecule has 1 aliphatic heterocycles. The molecule has 1 fully saturated rings. The topological polar surface area (TPSA) is 79.4 Å². The maximum Gasteiger partial charge on any atom is 0.243 e. The third-order valence-electron chi connectivity index (χ3n) is 6.01. The highest BCUT2D eigenvalue weighted by Crippen LogP contribution is 2.30. The fraction of sp³-hybridized carbons (Fsp3) is 0.231. The molecule has 0 atom stereocenters. The van der Waals surface area contributed by atoms with Crippen LogP contribution in [0.15, 0.2) is 77.7 Å². The van der Waals surface area contributed by atoms with Crippen molar-refractivity contribution in [2.24, 2.45) is 0 Å². The number of nitrogens with one attached hydrogen (secondary N) is 1. The SMILES string of the molecule is O=C(CNc1ccc(-c2nc3ccccc3s2)cc1)c1ccc(S(=O)(=O)N2CCCCC2)cc1. The van der Waals surface area contributed by atoms with Gasteiger partial charge in [0.25, 0.3) is 0 Å². The van der Waals surface area contributed by atoms with Crippen LogP contribution >= 0.6 is 11.3 Å². The summed E-state index contributed by atoms with van der Waals surface area (Å²) in [7, 11) is -3.49. The van der Waals surface area contributed by atoms with Crippen LogP contribution in [0.3, 0.4) is 0 Å². The zero-order valence-corrected chi connectivity index (χ0v) is 20.2. The minimum atomic E-state index is -3.49. The average molecular weight is 492 g/mol. The first-order valence-electron chi connectivity index (χ1n) is 11.3. The van der Waals surface area contributed by atoms with Gasteiger partial charge in [0, 0.05) is 29.9 Å². The van der Waals surface area contributed by atoms with Crippen molar-refractivity contribution < 1.29 is 13.2 Å².